The van der Waals surface area contributed by atoms with Gasteiger partial charge in [0.15, 0.2) is 5.69 Å². The molecule has 2 fully saturated rings. The summed E-state index contributed by atoms with van der Waals surface area (Å²) in [5.41, 5.74) is 2.79. The first kappa shape index (κ1) is 18.3. The first-order valence-corrected chi connectivity index (χ1v) is 9.92. The molecule has 0 radical (unpaired) electrons. The number of hydrogen-bond donors (Lipinski definition) is 1. The van der Waals surface area contributed by atoms with Gasteiger partial charge in [-0.05, 0) is 50.6 Å². The molecule has 3 heterocycles. The van der Waals surface area contributed by atoms with Gasteiger partial charge in [-0.3, -0.25) is 4.79 Å². The highest BCUT2D eigenvalue weighted by atomic mass is 35.5. The Morgan fingerprint density at radius 1 is 1.19 bits per heavy atom. The molecule has 1 amide bonds. The maximum atomic E-state index is 12.8. The Bertz CT molecular complexity index is 808. The molecule has 0 spiro atoms. The van der Waals surface area contributed by atoms with E-state index in [4.69, 9.17) is 11.6 Å². The van der Waals surface area contributed by atoms with Crippen LogP contribution >= 0.6 is 11.6 Å². The van der Waals surface area contributed by atoms with Crippen LogP contribution in [0.4, 0.5) is 5.69 Å². The monoisotopic (exact) mass is 388 g/mol. The molecule has 2 aliphatic rings. The minimum absolute atomic E-state index is 0.0300. The minimum Gasteiger partial charge on any atom is -0.368 e. The maximum Gasteiger partial charge on any atom is 0.276 e. The van der Waals surface area contributed by atoms with Gasteiger partial charge in [-0.25, -0.2) is 4.68 Å². The van der Waals surface area contributed by atoms with Gasteiger partial charge in [-0.15, -0.1) is 5.10 Å². The summed E-state index contributed by atoms with van der Waals surface area (Å²) in [7, 11) is 0. The van der Waals surface area contributed by atoms with Gasteiger partial charge in [0.25, 0.3) is 5.91 Å². The number of aryl methyl sites for hydroxylation is 1. The van der Waals surface area contributed by atoms with Crippen LogP contribution in [0.15, 0.2) is 24.4 Å². The molecule has 4 rings (SSSR count). The van der Waals surface area contributed by atoms with E-state index in [0.29, 0.717) is 24.8 Å². The van der Waals surface area contributed by atoms with E-state index in [9.17, 15) is 4.79 Å². The largest absolute Gasteiger partial charge is 0.368 e. The zero-order valence-corrected chi connectivity index (χ0v) is 16.3. The van der Waals surface area contributed by atoms with E-state index in [-0.39, 0.29) is 5.91 Å². The summed E-state index contributed by atoms with van der Waals surface area (Å²) in [6.45, 7) is 6.97. The molecule has 0 saturated carbocycles. The number of hydrogen-bond acceptors (Lipinski definition) is 5. The molecule has 0 aliphatic carbocycles. The van der Waals surface area contributed by atoms with Gasteiger partial charge >= 0.3 is 0 Å². The Morgan fingerprint density at radius 2 is 1.93 bits per heavy atom. The van der Waals surface area contributed by atoms with Crippen LogP contribution in [0.3, 0.4) is 0 Å². The topological polar surface area (TPSA) is 66.3 Å². The molecule has 8 heteroatoms. The molecule has 2 aromatic rings. The third-order valence-electron chi connectivity index (χ3n) is 5.49. The smallest absolute Gasteiger partial charge is 0.276 e. The van der Waals surface area contributed by atoms with Crippen LogP contribution in [0.2, 0.25) is 5.02 Å². The SMILES string of the molecule is Cc1ccc(Cl)cc1N1CCN(C(=O)c2cn(C3CCNCC3)nn2)CC1. The van der Waals surface area contributed by atoms with Gasteiger partial charge < -0.3 is 15.1 Å². The summed E-state index contributed by atoms with van der Waals surface area (Å²) in [6, 6.07) is 6.28. The quantitative estimate of drug-likeness (QED) is 0.872. The lowest BCUT2D eigenvalue weighted by molar-refractivity contribution is 0.0740. The number of halogens is 1. The van der Waals surface area contributed by atoms with Crippen molar-refractivity contribution in [3.63, 3.8) is 0 Å². The van der Waals surface area contributed by atoms with Gasteiger partial charge in [0.2, 0.25) is 0 Å². The number of benzene rings is 1. The molecule has 0 unspecified atom stereocenters. The Hall–Kier alpha value is -2.12. The molecule has 2 aliphatic heterocycles. The molecule has 1 aromatic carbocycles. The Balaban J connectivity index is 1.38. The van der Waals surface area contributed by atoms with Gasteiger partial charge in [0.1, 0.15) is 0 Å². The number of rotatable bonds is 3. The molecule has 0 bridgehead atoms. The number of nitrogens with one attached hydrogen (secondary N) is 1. The molecule has 0 atom stereocenters. The number of piperazine rings is 1. The van der Waals surface area contributed by atoms with Crippen LogP contribution in [-0.2, 0) is 0 Å². The summed E-state index contributed by atoms with van der Waals surface area (Å²) >= 11 is 6.15. The van der Waals surface area contributed by atoms with E-state index in [2.05, 4.69) is 27.5 Å². The highest BCUT2D eigenvalue weighted by Gasteiger charge is 2.26. The van der Waals surface area contributed by atoms with Crippen LogP contribution in [0.5, 0.6) is 0 Å². The third-order valence-corrected chi connectivity index (χ3v) is 5.73. The molecule has 2 saturated heterocycles. The van der Waals surface area contributed by atoms with Crippen LogP contribution in [-0.4, -0.2) is 65.1 Å². The lowest BCUT2D eigenvalue weighted by Gasteiger charge is -2.36. The molecule has 1 aromatic heterocycles. The number of piperidine rings is 1. The van der Waals surface area contributed by atoms with Crippen molar-refractivity contribution in [1.29, 1.82) is 0 Å². The number of anilines is 1. The average Bonchev–Trinajstić information content (AvgIpc) is 3.20. The normalized spacial score (nSPS) is 18.7. The van der Waals surface area contributed by atoms with E-state index >= 15 is 0 Å². The highest BCUT2D eigenvalue weighted by Crippen LogP contribution is 2.25. The number of carbonyl (C=O) groups is 1. The van der Waals surface area contributed by atoms with Crippen molar-refractivity contribution in [2.24, 2.45) is 0 Å². The fraction of sp³-hybridized carbons (Fsp3) is 0.526. The molecule has 1 N–H and O–H groups in total. The minimum atomic E-state index is -0.0300. The van der Waals surface area contributed by atoms with Crippen LogP contribution in [0.1, 0.15) is 34.9 Å². The van der Waals surface area contributed by atoms with Crippen molar-refractivity contribution in [1.82, 2.24) is 25.2 Å². The fourth-order valence-corrected chi connectivity index (χ4v) is 4.03. The van der Waals surface area contributed by atoms with Crippen LogP contribution in [0.25, 0.3) is 0 Å². The highest BCUT2D eigenvalue weighted by molar-refractivity contribution is 6.30. The van der Waals surface area contributed by atoms with Crippen molar-refractivity contribution in [3.05, 3.63) is 40.7 Å². The number of carbonyl (C=O) groups excluding carboxylic acids is 1. The van der Waals surface area contributed by atoms with Gasteiger partial charge in [0, 0.05) is 36.9 Å². The third kappa shape index (κ3) is 3.94. The van der Waals surface area contributed by atoms with Gasteiger partial charge in [0.05, 0.1) is 12.2 Å². The lowest BCUT2D eigenvalue weighted by atomic mass is 10.1. The molecular formula is C19H25ClN6O. The summed E-state index contributed by atoms with van der Waals surface area (Å²) < 4.78 is 1.86. The second-order valence-electron chi connectivity index (χ2n) is 7.28. The molecular weight excluding hydrogens is 364 g/mol. The lowest BCUT2D eigenvalue weighted by Crippen LogP contribution is -2.49. The Labute approximate surface area is 164 Å². The number of amides is 1. The zero-order chi connectivity index (χ0) is 18.8. The second kappa shape index (κ2) is 7.86. The van der Waals surface area contributed by atoms with E-state index in [1.54, 1.807) is 0 Å². The van der Waals surface area contributed by atoms with E-state index in [1.807, 2.05) is 34.0 Å². The molecule has 7 nitrogen and oxygen atoms in total. The van der Waals surface area contributed by atoms with E-state index in [1.165, 1.54) is 5.56 Å². The van der Waals surface area contributed by atoms with Crippen molar-refractivity contribution < 1.29 is 4.79 Å². The van der Waals surface area contributed by atoms with Crippen molar-refractivity contribution in [2.75, 3.05) is 44.2 Å². The Morgan fingerprint density at radius 3 is 2.67 bits per heavy atom. The van der Waals surface area contributed by atoms with Gasteiger partial charge in [-0.2, -0.15) is 0 Å². The van der Waals surface area contributed by atoms with Crippen molar-refractivity contribution in [2.45, 2.75) is 25.8 Å². The average molecular weight is 389 g/mol. The van der Waals surface area contributed by atoms with Gasteiger partial charge in [-0.1, -0.05) is 22.9 Å². The van der Waals surface area contributed by atoms with E-state index in [0.717, 1.165) is 49.7 Å². The maximum absolute atomic E-state index is 12.8. The van der Waals surface area contributed by atoms with E-state index < -0.39 is 0 Å². The van der Waals surface area contributed by atoms with Crippen LogP contribution in [0, 0.1) is 6.92 Å². The van der Waals surface area contributed by atoms with Crippen molar-refractivity contribution >= 4 is 23.2 Å². The number of nitrogens with zero attached hydrogens (tertiary/aromatic N) is 5. The number of aromatic nitrogens is 3. The Kier molecular flexibility index (Phi) is 5.31. The predicted octanol–water partition coefficient (Wildman–Crippen LogP) is 2.13. The fourth-order valence-electron chi connectivity index (χ4n) is 3.86. The summed E-state index contributed by atoms with van der Waals surface area (Å²) in [5, 5.41) is 12.4. The van der Waals surface area contributed by atoms with Crippen molar-refractivity contribution in [3.8, 4) is 0 Å². The summed E-state index contributed by atoms with van der Waals surface area (Å²) in [4.78, 5) is 17.0. The second-order valence-corrected chi connectivity index (χ2v) is 7.71. The standard InChI is InChI=1S/C19H25ClN6O/c1-14-2-3-15(20)12-18(14)24-8-10-25(11-9-24)19(27)17-13-26(23-22-17)16-4-6-21-7-5-16/h2-3,12-13,16,21H,4-11H2,1H3. The van der Waals surface area contributed by atoms with Crippen LogP contribution < -0.4 is 10.2 Å². The summed E-state index contributed by atoms with van der Waals surface area (Å²) in [5.74, 6) is -0.0300. The first-order chi connectivity index (χ1) is 13.1. The predicted molar refractivity (Wildman–Crippen MR) is 105 cm³/mol. The zero-order valence-electron chi connectivity index (χ0n) is 15.6. The molecule has 27 heavy (non-hydrogen) atoms. The first-order valence-electron chi connectivity index (χ1n) is 9.55. The summed E-state index contributed by atoms with van der Waals surface area (Å²) in [6.07, 6.45) is 3.86. The molecule has 144 valence electrons.